The van der Waals surface area contributed by atoms with Gasteiger partial charge in [0, 0.05) is 6.54 Å². The van der Waals surface area contributed by atoms with E-state index in [0.29, 0.717) is 15.3 Å². The van der Waals surface area contributed by atoms with Crippen LogP contribution in [0, 0.1) is 0 Å². The van der Waals surface area contributed by atoms with Crippen molar-refractivity contribution in [1.29, 1.82) is 0 Å². The van der Waals surface area contributed by atoms with Crippen LogP contribution in [0.25, 0.3) is 0 Å². The summed E-state index contributed by atoms with van der Waals surface area (Å²) in [6.07, 6.45) is 1.58. The number of benzene rings is 1. The quantitative estimate of drug-likeness (QED) is 0.363. The lowest BCUT2D eigenvalue weighted by Gasteiger charge is -2.12. The highest BCUT2D eigenvalue weighted by molar-refractivity contribution is 7.34. The number of aliphatic hydroxyl groups excluding tert-OH is 1. The first-order chi connectivity index (χ1) is 8.74. The Morgan fingerprint density at radius 3 is 2.89 bits per heavy atom. The molecule has 1 aromatic carbocycles. The van der Waals surface area contributed by atoms with E-state index < -0.39 is 6.10 Å². The number of hydrogen-bond donors (Lipinski definition) is 3. The van der Waals surface area contributed by atoms with Crippen molar-refractivity contribution in [2.24, 2.45) is 0 Å². The van der Waals surface area contributed by atoms with E-state index in [0.717, 1.165) is 25.1 Å². The number of para-hydroxylation sites is 1. The number of hydrogen-bond acceptors (Lipinski definition) is 4. The molecule has 0 spiro atoms. The number of ether oxygens (including phenoxy) is 1. The molecule has 102 valence electrons. The SMILES string of the molecule is CPNNCCCc1ccccc1OCC(C)O. The summed E-state index contributed by atoms with van der Waals surface area (Å²) >= 11 is 0. The number of nitrogens with one attached hydrogen (secondary N) is 2. The van der Waals surface area contributed by atoms with Crippen LogP contribution >= 0.6 is 8.73 Å². The first kappa shape index (κ1) is 15.4. The zero-order valence-corrected chi connectivity index (χ0v) is 12.1. The van der Waals surface area contributed by atoms with Gasteiger partial charge in [0.25, 0.3) is 0 Å². The zero-order valence-electron chi connectivity index (χ0n) is 11.1. The fraction of sp³-hybridized carbons (Fsp3) is 0.538. The Morgan fingerprint density at radius 1 is 1.39 bits per heavy atom. The lowest BCUT2D eigenvalue weighted by Crippen LogP contribution is -2.25. The van der Waals surface area contributed by atoms with Gasteiger partial charge in [-0.25, -0.2) is 5.20 Å². The largest absolute Gasteiger partial charge is 0.491 e. The van der Waals surface area contributed by atoms with E-state index >= 15 is 0 Å². The minimum Gasteiger partial charge on any atom is -0.491 e. The molecule has 0 saturated carbocycles. The van der Waals surface area contributed by atoms with Crippen molar-refractivity contribution < 1.29 is 9.84 Å². The highest BCUT2D eigenvalue weighted by atomic mass is 31.1. The van der Waals surface area contributed by atoms with E-state index in [4.69, 9.17) is 4.74 Å². The average Bonchev–Trinajstić information content (AvgIpc) is 2.37. The van der Waals surface area contributed by atoms with Crippen molar-refractivity contribution in [2.45, 2.75) is 25.9 Å². The monoisotopic (exact) mass is 270 g/mol. The molecule has 0 aliphatic rings. The second kappa shape index (κ2) is 9.29. The van der Waals surface area contributed by atoms with Gasteiger partial charge in [0.2, 0.25) is 0 Å². The van der Waals surface area contributed by atoms with Crippen molar-refractivity contribution in [3.63, 3.8) is 0 Å². The van der Waals surface area contributed by atoms with Gasteiger partial charge in [-0.15, -0.1) is 0 Å². The predicted molar refractivity (Wildman–Crippen MR) is 77.3 cm³/mol. The van der Waals surface area contributed by atoms with E-state index in [-0.39, 0.29) is 0 Å². The van der Waals surface area contributed by atoms with E-state index in [9.17, 15) is 5.11 Å². The van der Waals surface area contributed by atoms with Gasteiger partial charge in [0.1, 0.15) is 12.4 Å². The van der Waals surface area contributed by atoms with E-state index in [2.05, 4.69) is 23.4 Å². The first-order valence-electron chi connectivity index (χ1n) is 6.27. The fourth-order valence-corrected chi connectivity index (χ4v) is 1.88. The molecule has 0 aliphatic carbocycles. The second-order valence-corrected chi connectivity index (χ2v) is 4.92. The van der Waals surface area contributed by atoms with Crippen molar-refractivity contribution in [1.82, 2.24) is 10.6 Å². The maximum Gasteiger partial charge on any atom is 0.122 e. The van der Waals surface area contributed by atoms with Crippen LogP contribution in [0.4, 0.5) is 0 Å². The topological polar surface area (TPSA) is 53.5 Å². The van der Waals surface area contributed by atoms with E-state index in [1.165, 1.54) is 5.56 Å². The molecule has 0 aromatic heterocycles. The summed E-state index contributed by atoms with van der Waals surface area (Å²) < 4.78 is 5.59. The summed E-state index contributed by atoms with van der Waals surface area (Å²) in [5.74, 6) is 0.878. The van der Waals surface area contributed by atoms with Crippen molar-refractivity contribution in [2.75, 3.05) is 19.8 Å². The Bertz CT molecular complexity index is 335. The van der Waals surface area contributed by atoms with Crippen LogP contribution in [-0.4, -0.2) is 31.0 Å². The van der Waals surface area contributed by atoms with Crippen LogP contribution in [0.15, 0.2) is 24.3 Å². The minimum absolute atomic E-state index is 0.341. The molecule has 4 nitrogen and oxygen atoms in total. The summed E-state index contributed by atoms with van der Waals surface area (Å²) in [6, 6.07) is 8.01. The van der Waals surface area contributed by atoms with Crippen molar-refractivity contribution in [3.05, 3.63) is 29.8 Å². The Balaban J connectivity index is 2.38. The minimum atomic E-state index is -0.436. The maximum absolute atomic E-state index is 9.24. The third-order valence-electron chi connectivity index (χ3n) is 2.41. The lowest BCUT2D eigenvalue weighted by molar-refractivity contribution is 0.122. The molecule has 2 unspecified atom stereocenters. The molecule has 0 bridgehead atoms. The molecule has 0 radical (unpaired) electrons. The van der Waals surface area contributed by atoms with Crippen molar-refractivity contribution >= 4 is 8.73 Å². The Morgan fingerprint density at radius 2 is 2.17 bits per heavy atom. The molecule has 1 aromatic rings. The molecule has 0 aliphatic heterocycles. The second-order valence-electron chi connectivity index (χ2n) is 4.17. The number of aryl methyl sites for hydroxylation is 1. The normalized spacial score (nSPS) is 13.1. The van der Waals surface area contributed by atoms with E-state index in [1.54, 1.807) is 6.92 Å². The number of rotatable bonds is 9. The summed E-state index contributed by atoms with van der Waals surface area (Å²) in [4.78, 5) is 0. The fourth-order valence-electron chi connectivity index (χ4n) is 1.58. The molecular weight excluding hydrogens is 247 g/mol. The third kappa shape index (κ3) is 6.31. The molecule has 0 fully saturated rings. The van der Waals surface area contributed by atoms with Crippen LogP contribution in [0.2, 0.25) is 0 Å². The van der Waals surface area contributed by atoms with Gasteiger partial charge in [-0.3, -0.25) is 5.43 Å². The molecule has 2 atom stereocenters. The van der Waals surface area contributed by atoms with Gasteiger partial charge < -0.3 is 9.84 Å². The molecule has 5 heteroatoms. The van der Waals surface area contributed by atoms with Gasteiger partial charge in [-0.1, -0.05) is 18.2 Å². The highest BCUT2D eigenvalue weighted by Crippen LogP contribution is 2.19. The van der Waals surface area contributed by atoms with E-state index in [1.807, 2.05) is 18.2 Å². The smallest absolute Gasteiger partial charge is 0.122 e. The molecule has 0 amide bonds. The standard InChI is InChI=1S/C13H23N2O2P/c1-11(16)10-17-13-8-4-3-6-12(13)7-5-9-14-15-18-2/h3-4,6,8,11,14-16,18H,5,7,9-10H2,1-2H3. The van der Waals surface area contributed by atoms with Crippen LogP contribution in [0.1, 0.15) is 18.9 Å². The molecule has 0 heterocycles. The van der Waals surface area contributed by atoms with Gasteiger partial charge in [0.05, 0.1) is 6.10 Å². The third-order valence-corrected chi connectivity index (χ3v) is 2.84. The van der Waals surface area contributed by atoms with Gasteiger partial charge in [0.15, 0.2) is 0 Å². The summed E-state index contributed by atoms with van der Waals surface area (Å²) in [6.45, 7) is 5.09. The lowest BCUT2D eigenvalue weighted by atomic mass is 10.1. The van der Waals surface area contributed by atoms with Gasteiger partial charge in [-0.2, -0.15) is 0 Å². The maximum atomic E-state index is 9.24. The summed E-state index contributed by atoms with van der Waals surface area (Å²) in [5.41, 5.74) is 4.35. The number of hydrazine groups is 1. The summed E-state index contributed by atoms with van der Waals surface area (Å²) in [5, 5.41) is 12.3. The first-order valence-corrected chi connectivity index (χ1v) is 7.77. The van der Waals surface area contributed by atoms with Crippen LogP contribution < -0.4 is 15.4 Å². The predicted octanol–water partition coefficient (Wildman–Crippen LogP) is 1.70. The highest BCUT2D eigenvalue weighted by Gasteiger charge is 2.04. The Labute approximate surface area is 111 Å². The van der Waals surface area contributed by atoms with Gasteiger partial charge >= 0.3 is 0 Å². The van der Waals surface area contributed by atoms with Crippen LogP contribution in [0.3, 0.4) is 0 Å². The van der Waals surface area contributed by atoms with Crippen molar-refractivity contribution in [3.8, 4) is 5.75 Å². The molecule has 1 rings (SSSR count). The summed E-state index contributed by atoms with van der Waals surface area (Å²) in [7, 11) is 0.717. The molecule has 18 heavy (non-hydrogen) atoms. The van der Waals surface area contributed by atoms with Gasteiger partial charge in [-0.05, 0) is 46.8 Å². The Kier molecular flexibility index (Phi) is 7.94. The molecule has 0 saturated heterocycles. The Hall–Kier alpha value is -0.670. The average molecular weight is 270 g/mol. The van der Waals surface area contributed by atoms with Crippen LogP contribution in [0.5, 0.6) is 5.75 Å². The number of aliphatic hydroxyl groups is 1. The zero-order chi connectivity index (χ0) is 13.2. The molecular formula is C13H23N2O2P. The molecule has 3 N–H and O–H groups in total. The van der Waals surface area contributed by atoms with Crippen LogP contribution in [-0.2, 0) is 6.42 Å².